The van der Waals surface area contributed by atoms with Crippen molar-refractivity contribution in [2.45, 2.75) is 45.1 Å². The zero-order valence-electron chi connectivity index (χ0n) is 16.4. The summed E-state index contributed by atoms with van der Waals surface area (Å²) in [6.45, 7) is 9.01. The van der Waals surface area contributed by atoms with Crippen molar-refractivity contribution in [2.75, 3.05) is 7.11 Å². The minimum absolute atomic E-state index is 0.162. The van der Waals surface area contributed by atoms with Crippen LogP contribution in [0.25, 0.3) is 10.8 Å². The smallest absolute Gasteiger partial charge is 0.339 e. The Morgan fingerprint density at radius 1 is 1.21 bits per heavy atom. The highest BCUT2D eigenvalue weighted by atomic mass is 32.2. The molecular weight excluding hydrogens is 400 g/mol. The fourth-order valence-electron chi connectivity index (χ4n) is 2.89. The summed E-state index contributed by atoms with van der Waals surface area (Å²) in [5, 5.41) is 8.84. The SMILES string of the molecule is COC(=O)c1c(C)[nH]c(C(=O)[C@@H](C)Sc2nnc(-c3sc(C)nc3C)o2)c1C. The maximum Gasteiger partial charge on any atom is 0.339 e. The summed E-state index contributed by atoms with van der Waals surface area (Å²) in [5.41, 5.74) is 2.77. The number of carbonyl (C=O) groups excluding carboxylic acids is 2. The largest absolute Gasteiger partial charge is 0.465 e. The fourth-order valence-corrected chi connectivity index (χ4v) is 4.48. The number of ether oxygens (including phenoxy) is 1. The van der Waals surface area contributed by atoms with E-state index in [1.807, 2.05) is 13.8 Å². The highest BCUT2D eigenvalue weighted by molar-refractivity contribution is 8.00. The van der Waals surface area contributed by atoms with Crippen LogP contribution in [0.15, 0.2) is 9.64 Å². The van der Waals surface area contributed by atoms with Gasteiger partial charge < -0.3 is 14.1 Å². The lowest BCUT2D eigenvalue weighted by Gasteiger charge is -2.07. The van der Waals surface area contributed by atoms with Gasteiger partial charge in [0.1, 0.15) is 4.88 Å². The minimum atomic E-state index is -0.486. The number of esters is 1. The molecule has 3 rings (SSSR count). The molecule has 0 aliphatic carbocycles. The Morgan fingerprint density at radius 3 is 2.54 bits per heavy atom. The van der Waals surface area contributed by atoms with E-state index in [1.165, 1.54) is 30.2 Å². The second kappa shape index (κ2) is 7.88. The third-order valence-electron chi connectivity index (χ3n) is 4.22. The number of hydrogen-bond acceptors (Lipinski definition) is 9. The molecule has 0 unspecified atom stereocenters. The summed E-state index contributed by atoms with van der Waals surface area (Å²) in [6.07, 6.45) is 0. The number of methoxy groups -OCH3 is 1. The van der Waals surface area contributed by atoms with Crippen LogP contribution in [-0.2, 0) is 4.74 Å². The monoisotopic (exact) mass is 420 g/mol. The molecule has 28 heavy (non-hydrogen) atoms. The van der Waals surface area contributed by atoms with Crippen LogP contribution >= 0.6 is 23.1 Å². The Morgan fingerprint density at radius 2 is 1.93 bits per heavy atom. The number of aromatic amines is 1. The van der Waals surface area contributed by atoms with Crippen molar-refractivity contribution in [3.05, 3.63) is 33.2 Å². The zero-order chi connectivity index (χ0) is 20.6. The van der Waals surface area contributed by atoms with Gasteiger partial charge >= 0.3 is 5.97 Å². The maximum absolute atomic E-state index is 12.9. The summed E-state index contributed by atoms with van der Waals surface area (Å²) >= 11 is 2.65. The number of hydrogen-bond donors (Lipinski definition) is 1. The highest BCUT2D eigenvalue weighted by Gasteiger charge is 2.27. The van der Waals surface area contributed by atoms with Crippen LogP contribution in [0.2, 0.25) is 0 Å². The van der Waals surface area contributed by atoms with Gasteiger partial charge in [0.15, 0.2) is 5.78 Å². The molecule has 0 saturated carbocycles. The number of aromatic nitrogens is 4. The quantitative estimate of drug-likeness (QED) is 0.363. The lowest BCUT2D eigenvalue weighted by atomic mass is 10.1. The van der Waals surface area contributed by atoms with Gasteiger partial charge in [0.25, 0.3) is 11.1 Å². The zero-order valence-corrected chi connectivity index (χ0v) is 18.0. The first-order valence-corrected chi connectivity index (χ1v) is 10.2. The normalized spacial score (nSPS) is 12.2. The second-order valence-electron chi connectivity index (χ2n) is 6.26. The van der Waals surface area contributed by atoms with Crippen molar-refractivity contribution in [1.29, 1.82) is 0 Å². The Balaban J connectivity index is 1.79. The number of ketones is 1. The van der Waals surface area contributed by atoms with E-state index in [0.29, 0.717) is 33.6 Å². The first-order chi connectivity index (χ1) is 13.2. The summed E-state index contributed by atoms with van der Waals surface area (Å²) in [7, 11) is 1.31. The molecule has 0 amide bonds. The number of Topliss-reactive ketones (excluding diaryl/α,β-unsaturated/α-hetero) is 1. The van der Waals surface area contributed by atoms with Gasteiger partial charge in [-0.1, -0.05) is 11.8 Å². The number of H-pyrrole nitrogens is 1. The Labute approximate surface area is 170 Å². The van der Waals surface area contributed by atoms with Gasteiger partial charge in [-0.25, -0.2) is 9.78 Å². The van der Waals surface area contributed by atoms with Crippen molar-refractivity contribution in [1.82, 2.24) is 20.2 Å². The molecule has 8 nitrogen and oxygen atoms in total. The number of thiazole rings is 1. The molecule has 0 aliphatic rings. The van der Waals surface area contributed by atoms with E-state index in [4.69, 9.17) is 9.15 Å². The predicted octanol–water partition coefficient (Wildman–Crippen LogP) is 3.90. The van der Waals surface area contributed by atoms with Crippen LogP contribution in [0.3, 0.4) is 0 Å². The average Bonchev–Trinajstić information content (AvgIpc) is 3.31. The van der Waals surface area contributed by atoms with Gasteiger partial charge in [0.05, 0.1) is 34.3 Å². The molecule has 0 bridgehead atoms. The molecule has 3 aromatic rings. The number of carbonyl (C=O) groups is 2. The average molecular weight is 421 g/mol. The molecule has 1 atom stereocenters. The van der Waals surface area contributed by atoms with Crippen molar-refractivity contribution >= 4 is 34.9 Å². The molecular formula is C18H20N4O4S2. The molecule has 3 aromatic heterocycles. The van der Waals surface area contributed by atoms with Crippen LogP contribution in [0.1, 0.15) is 49.7 Å². The number of aryl methyl sites for hydroxylation is 3. The van der Waals surface area contributed by atoms with Gasteiger partial charge in [0.2, 0.25) is 0 Å². The first-order valence-electron chi connectivity index (χ1n) is 8.49. The van der Waals surface area contributed by atoms with Crippen LogP contribution in [-0.4, -0.2) is 44.3 Å². The number of rotatable bonds is 6. The Bertz CT molecular complexity index is 1050. The Hall–Kier alpha value is -2.46. The minimum Gasteiger partial charge on any atom is -0.465 e. The summed E-state index contributed by atoms with van der Waals surface area (Å²) in [6, 6.07) is 0. The standard InChI is InChI=1S/C18H20N4O4S2/c1-7-12(17(24)25-6)8(2)20-13(7)14(23)10(4)27-18-22-21-16(26-18)15-9(3)19-11(5)28-15/h10,20H,1-6H3/t10-/m1/s1. The molecule has 10 heteroatoms. The van der Waals surface area contributed by atoms with Gasteiger partial charge in [0, 0.05) is 5.69 Å². The summed E-state index contributed by atoms with van der Waals surface area (Å²) < 4.78 is 10.5. The molecule has 148 valence electrons. The maximum atomic E-state index is 12.9. The molecule has 3 heterocycles. The van der Waals surface area contributed by atoms with E-state index in [-0.39, 0.29) is 5.78 Å². The summed E-state index contributed by atoms with van der Waals surface area (Å²) in [4.78, 5) is 33.0. The highest BCUT2D eigenvalue weighted by Crippen LogP contribution is 2.32. The number of thioether (sulfide) groups is 1. The Kier molecular flexibility index (Phi) is 5.71. The van der Waals surface area contributed by atoms with E-state index < -0.39 is 11.2 Å². The summed E-state index contributed by atoms with van der Waals surface area (Å²) in [5.74, 6) is -0.238. The van der Waals surface area contributed by atoms with Gasteiger partial charge in [-0.05, 0) is 40.2 Å². The van der Waals surface area contributed by atoms with Gasteiger partial charge in [-0.15, -0.1) is 21.5 Å². The molecule has 0 spiro atoms. The van der Waals surface area contributed by atoms with Crippen LogP contribution < -0.4 is 0 Å². The van der Waals surface area contributed by atoms with E-state index >= 15 is 0 Å². The van der Waals surface area contributed by atoms with Crippen molar-refractivity contribution in [3.8, 4) is 10.8 Å². The van der Waals surface area contributed by atoms with Crippen molar-refractivity contribution in [3.63, 3.8) is 0 Å². The number of nitrogens with zero attached hydrogens (tertiary/aromatic N) is 3. The molecule has 0 aliphatic heterocycles. The van der Waals surface area contributed by atoms with Crippen LogP contribution in [0, 0.1) is 27.7 Å². The van der Waals surface area contributed by atoms with Crippen LogP contribution in [0.4, 0.5) is 0 Å². The van der Waals surface area contributed by atoms with E-state index in [0.717, 1.165) is 15.6 Å². The first kappa shape index (κ1) is 20.3. The lowest BCUT2D eigenvalue weighted by Crippen LogP contribution is -2.15. The predicted molar refractivity (Wildman–Crippen MR) is 106 cm³/mol. The number of nitrogens with one attached hydrogen (secondary N) is 1. The van der Waals surface area contributed by atoms with E-state index in [2.05, 4.69) is 20.2 Å². The van der Waals surface area contributed by atoms with Crippen molar-refractivity contribution in [2.24, 2.45) is 0 Å². The van der Waals surface area contributed by atoms with Gasteiger partial charge in [-0.2, -0.15) is 0 Å². The fraction of sp³-hybridized carbons (Fsp3) is 0.389. The van der Waals surface area contributed by atoms with E-state index in [1.54, 1.807) is 20.8 Å². The molecule has 0 aromatic carbocycles. The molecule has 0 saturated heterocycles. The second-order valence-corrected chi connectivity index (χ2v) is 8.76. The lowest BCUT2D eigenvalue weighted by molar-refractivity contribution is 0.0599. The third kappa shape index (κ3) is 3.74. The third-order valence-corrected chi connectivity index (χ3v) is 6.22. The van der Waals surface area contributed by atoms with E-state index in [9.17, 15) is 9.59 Å². The van der Waals surface area contributed by atoms with Crippen LogP contribution in [0.5, 0.6) is 0 Å². The van der Waals surface area contributed by atoms with Gasteiger partial charge in [-0.3, -0.25) is 4.79 Å². The molecule has 1 N–H and O–H groups in total. The topological polar surface area (TPSA) is 111 Å². The molecule has 0 radical (unpaired) electrons. The van der Waals surface area contributed by atoms with Crippen molar-refractivity contribution < 1.29 is 18.7 Å². The molecule has 0 fully saturated rings.